The van der Waals surface area contributed by atoms with E-state index in [-0.39, 0.29) is 0 Å². The fourth-order valence-electron chi connectivity index (χ4n) is 2.80. The lowest BCUT2D eigenvalue weighted by Crippen LogP contribution is -2.45. The van der Waals surface area contributed by atoms with Gasteiger partial charge in [-0.1, -0.05) is 18.2 Å². The van der Waals surface area contributed by atoms with Crippen LogP contribution in [0.1, 0.15) is 17.2 Å². The second-order valence-corrected chi connectivity index (χ2v) is 5.32. The Kier molecular flexibility index (Phi) is 4.48. The van der Waals surface area contributed by atoms with E-state index in [1.807, 2.05) is 30.6 Å². The molecule has 4 heteroatoms. The van der Waals surface area contributed by atoms with E-state index in [1.54, 1.807) is 7.11 Å². The summed E-state index contributed by atoms with van der Waals surface area (Å²) in [6.07, 6.45) is 3.80. The number of nitrogens with zero attached hydrogens (tertiary/aromatic N) is 2. The van der Waals surface area contributed by atoms with Gasteiger partial charge in [-0.25, -0.2) is 0 Å². The van der Waals surface area contributed by atoms with Crippen molar-refractivity contribution in [2.45, 2.75) is 12.6 Å². The zero-order chi connectivity index (χ0) is 14.5. The Morgan fingerprint density at radius 3 is 2.86 bits per heavy atom. The number of nitrogens with one attached hydrogen (secondary N) is 1. The van der Waals surface area contributed by atoms with Gasteiger partial charge in [-0.15, -0.1) is 0 Å². The van der Waals surface area contributed by atoms with E-state index in [0.717, 1.165) is 31.9 Å². The SMILES string of the molecule is COc1ccc(CN2CCNCC2c2cccnc2)cc1. The quantitative estimate of drug-likeness (QED) is 0.934. The van der Waals surface area contributed by atoms with E-state index < -0.39 is 0 Å². The number of piperazine rings is 1. The van der Waals surface area contributed by atoms with Crippen molar-refractivity contribution in [3.05, 3.63) is 59.9 Å². The molecule has 0 spiro atoms. The first-order chi connectivity index (χ1) is 10.4. The Labute approximate surface area is 125 Å². The summed E-state index contributed by atoms with van der Waals surface area (Å²) in [4.78, 5) is 6.76. The summed E-state index contributed by atoms with van der Waals surface area (Å²) < 4.78 is 5.22. The molecule has 0 saturated carbocycles. The Morgan fingerprint density at radius 1 is 1.29 bits per heavy atom. The molecule has 4 nitrogen and oxygen atoms in total. The summed E-state index contributed by atoms with van der Waals surface area (Å²) in [5.41, 5.74) is 2.59. The Balaban J connectivity index is 1.75. The largest absolute Gasteiger partial charge is 0.497 e. The van der Waals surface area contributed by atoms with E-state index in [9.17, 15) is 0 Å². The highest BCUT2D eigenvalue weighted by Gasteiger charge is 2.23. The average molecular weight is 283 g/mol. The van der Waals surface area contributed by atoms with Gasteiger partial charge in [0.05, 0.1) is 7.11 Å². The maximum atomic E-state index is 5.22. The second-order valence-electron chi connectivity index (χ2n) is 5.32. The standard InChI is InChI=1S/C17H21N3O/c1-21-16-6-4-14(5-7-16)13-20-10-9-19-12-17(20)15-3-2-8-18-11-15/h2-8,11,17,19H,9-10,12-13H2,1H3. The number of hydrogen-bond acceptors (Lipinski definition) is 4. The predicted octanol–water partition coefficient (Wildman–Crippen LogP) is 2.24. The van der Waals surface area contributed by atoms with Crippen molar-refractivity contribution < 1.29 is 4.74 Å². The third-order valence-corrected chi connectivity index (χ3v) is 3.97. The zero-order valence-corrected chi connectivity index (χ0v) is 12.3. The Morgan fingerprint density at radius 2 is 2.14 bits per heavy atom. The molecule has 1 unspecified atom stereocenters. The number of rotatable bonds is 4. The molecule has 1 aliphatic heterocycles. The maximum absolute atomic E-state index is 5.22. The summed E-state index contributed by atoms with van der Waals surface area (Å²) in [6, 6.07) is 12.9. The molecule has 1 N–H and O–H groups in total. The molecule has 1 fully saturated rings. The van der Waals surface area contributed by atoms with Crippen molar-refractivity contribution in [1.82, 2.24) is 15.2 Å². The minimum absolute atomic E-state index is 0.384. The van der Waals surface area contributed by atoms with E-state index in [0.29, 0.717) is 6.04 Å². The van der Waals surface area contributed by atoms with Crippen LogP contribution in [0.4, 0.5) is 0 Å². The first kappa shape index (κ1) is 14.0. The molecule has 1 aliphatic rings. The van der Waals surface area contributed by atoms with Crippen LogP contribution >= 0.6 is 0 Å². The number of hydrogen-bond donors (Lipinski definition) is 1. The summed E-state index contributed by atoms with van der Waals surface area (Å²) >= 11 is 0. The van der Waals surface area contributed by atoms with Crippen molar-refractivity contribution in [2.75, 3.05) is 26.7 Å². The Hall–Kier alpha value is -1.91. The highest BCUT2D eigenvalue weighted by atomic mass is 16.5. The lowest BCUT2D eigenvalue weighted by molar-refractivity contribution is 0.153. The smallest absolute Gasteiger partial charge is 0.118 e. The van der Waals surface area contributed by atoms with Crippen LogP contribution in [0.2, 0.25) is 0 Å². The molecule has 0 radical (unpaired) electrons. The summed E-state index contributed by atoms with van der Waals surface area (Å²) in [7, 11) is 1.70. The van der Waals surface area contributed by atoms with Crippen LogP contribution < -0.4 is 10.1 Å². The van der Waals surface area contributed by atoms with Crippen LogP contribution in [0, 0.1) is 0 Å². The van der Waals surface area contributed by atoms with Gasteiger partial charge in [0, 0.05) is 44.6 Å². The molecule has 0 bridgehead atoms. The van der Waals surface area contributed by atoms with Gasteiger partial charge in [-0.3, -0.25) is 9.88 Å². The van der Waals surface area contributed by atoms with Gasteiger partial charge in [0.25, 0.3) is 0 Å². The number of benzene rings is 1. The third kappa shape index (κ3) is 3.40. The molecule has 1 saturated heterocycles. The molecule has 0 aliphatic carbocycles. The van der Waals surface area contributed by atoms with Crippen LogP contribution in [0.3, 0.4) is 0 Å². The van der Waals surface area contributed by atoms with Gasteiger partial charge >= 0.3 is 0 Å². The van der Waals surface area contributed by atoms with Gasteiger partial charge in [-0.05, 0) is 29.3 Å². The number of methoxy groups -OCH3 is 1. The first-order valence-corrected chi connectivity index (χ1v) is 7.34. The zero-order valence-electron chi connectivity index (χ0n) is 12.3. The fourth-order valence-corrected chi connectivity index (χ4v) is 2.80. The van der Waals surface area contributed by atoms with Crippen molar-refractivity contribution in [3.63, 3.8) is 0 Å². The fraction of sp³-hybridized carbons (Fsp3) is 0.353. The molecule has 3 rings (SSSR count). The van der Waals surface area contributed by atoms with Crippen molar-refractivity contribution in [1.29, 1.82) is 0 Å². The first-order valence-electron chi connectivity index (χ1n) is 7.34. The summed E-state index contributed by atoms with van der Waals surface area (Å²) in [5, 5.41) is 3.48. The van der Waals surface area contributed by atoms with Crippen molar-refractivity contribution >= 4 is 0 Å². The molecule has 1 aromatic heterocycles. The molecule has 110 valence electrons. The molecule has 21 heavy (non-hydrogen) atoms. The molecular formula is C17H21N3O. The van der Waals surface area contributed by atoms with E-state index in [1.165, 1.54) is 11.1 Å². The molecule has 1 atom stereocenters. The van der Waals surface area contributed by atoms with Gasteiger partial charge in [0.1, 0.15) is 5.75 Å². The highest BCUT2D eigenvalue weighted by molar-refractivity contribution is 5.27. The monoisotopic (exact) mass is 283 g/mol. The van der Waals surface area contributed by atoms with E-state index in [4.69, 9.17) is 4.74 Å². The maximum Gasteiger partial charge on any atom is 0.118 e. The van der Waals surface area contributed by atoms with E-state index in [2.05, 4.69) is 33.4 Å². The van der Waals surface area contributed by atoms with Gasteiger partial charge in [0.15, 0.2) is 0 Å². The normalized spacial score (nSPS) is 19.4. The third-order valence-electron chi connectivity index (χ3n) is 3.97. The second kappa shape index (κ2) is 6.70. The number of aromatic nitrogens is 1. The van der Waals surface area contributed by atoms with E-state index >= 15 is 0 Å². The van der Waals surface area contributed by atoms with Crippen LogP contribution in [0.25, 0.3) is 0 Å². The van der Waals surface area contributed by atoms with Gasteiger partial charge in [0.2, 0.25) is 0 Å². The van der Waals surface area contributed by atoms with Crippen LogP contribution in [0.5, 0.6) is 5.75 Å². The minimum atomic E-state index is 0.384. The molecule has 0 amide bonds. The van der Waals surface area contributed by atoms with Gasteiger partial charge < -0.3 is 10.1 Å². The molecule has 2 heterocycles. The van der Waals surface area contributed by atoms with Crippen LogP contribution in [0.15, 0.2) is 48.8 Å². The Bertz CT molecular complexity index is 556. The predicted molar refractivity (Wildman–Crippen MR) is 83.3 cm³/mol. The van der Waals surface area contributed by atoms with Crippen LogP contribution in [-0.4, -0.2) is 36.6 Å². The average Bonchev–Trinajstić information content (AvgIpc) is 2.57. The van der Waals surface area contributed by atoms with Crippen molar-refractivity contribution in [3.8, 4) is 5.75 Å². The van der Waals surface area contributed by atoms with Gasteiger partial charge in [-0.2, -0.15) is 0 Å². The minimum Gasteiger partial charge on any atom is -0.497 e. The molecule has 1 aromatic carbocycles. The molecular weight excluding hydrogens is 262 g/mol. The number of ether oxygens (including phenoxy) is 1. The summed E-state index contributed by atoms with van der Waals surface area (Å²) in [6.45, 7) is 4.01. The lowest BCUT2D eigenvalue weighted by Gasteiger charge is -2.36. The topological polar surface area (TPSA) is 37.4 Å². The van der Waals surface area contributed by atoms with Crippen LogP contribution in [-0.2, 0) is 6.54 Å². The summed E-state index contributed by atoms with van der Waals surface area (Å²) in [5.74, 6) is 0.905. The van der Waals surface area contributed by atoms with Crippen molar-refractivity contribution in [2.24, 2.45) is 0 Å². The highest BCUT2D eigenvalue weighted by Crippen LogP contribution is 2.24. The lowest BCUT2D eigenvalue weighted by atomic mass is 10.0. The molecule has 2 aromatic rings. The number of pyridine rings is 1.